The Hall–Kier alpha value is -2.42. The highest BCUT2D eigenvalue weighted by atomic mass is 14.9. The Morgan fingerprint density at radius 3 is 2.62 bits per heavy atom. The largest absolute Gasteiger partial charge is 0.338 e. The number of para-hydroxylation sites is 1. The molecule has 3 nitrogen and oxygen atoms in total. The highest BCUT2D eigenvalue weighted by molar-refractivity contribution is 6.03. The van der Waals surface area contributed by atoms with Gasteiger partial charge in [-0.25, -0.2) is 4.98 Å². The molecule has 2 aromatic rings. The van der Waals surface area contributed by atoms with Crippen LogP contribution in [-0.2, 0) is 0 Å². The molecule has 0 amide bonds. The fraction of sp³-hybridized carbons (Fsp3) is 0.333. The maximum atomic E-state index is 8.03. The Labute approximate surface area is 144 Å². The van der Waals surface area contributed by atoms with E-state index in [-0.39, 0.29) is 0 Å². The zero-order valence-corrected chi connectivity index (χ0v) is 15.3. The summed E-state index contributed by atoms with van der Waals surface area (Å²) in [6.07, 6.45) is 4.92. The first-order chi connectivity index (χ1) is 11.4. The molecule has 0 saturated heterocycles. The number of aromatic nitrogens is 2. The van der Waals surface area contributed by atoms with Gasteiger partial charge in [0.15, 0.2) is 0 Å². The van der Waals surface area contributed by atoms with E-state index in [0.29, 0.717) is 11.6 Å². The fourth-order valence-electron chi connectivity index (χ4n) is 2.96. The summed E-state index contributed by atoms with van der Waals surface area (Å²) in [6, 6.07) is 6.16. The second-order valence-corrected chi connectivity index (χ2v) is 6.21. The number of fused-ring (bicyclic) bond motifs is 1. The first-order valence-electron chi connectivity index (χ1n) is 8.49. The molecule has 1 aromatic heterocycles. The van der Waals surface area contributed by atoms with E-state index in [1.807, 2.05) is 39.0 Å². The van der Waals surface area contributed by atoms with E-state index in [9.17, 15) is 0 Å². The molecule has 2 N–H and O–H groups in total. The van der Waals surface area contributed by atoms with Crippen molar-refractivity contribution in [2.24, 2.45) is 5.92 Å². The zero-order chi connectivity index (χ0) is 17.9. The summed E-state index contributed by atoms with van der Waals surface area (Å²) in [4.78, 5) is 8.37. The Kier molecular flexibility index (Phi) is 5.55. The zero-order valence-electron chi connectivity index (χ0n) is 15.3. The molecule has 3 heteroatoms. The lowest BCUT2D eigenvalue weighted by molar-refractivity contribution is 0.709. The van der Waals surface area contributed by atoms with E-state index in [4.69, 9.17) is 10.4 Å². The molecule has 0 spiro atoms. The summed E-state index contributed by atoms with van der Waals surface area (Å²) in [5.41, 5.74) is 6.85. The molecule has 0 aliphatic carbocycles. The number of hydrogen-bond donors (Lipinski definition) is 2. The maximum Gasteiger partial charge on any atom is 0.135 e. The van der Waals surface area contributed by atoms with Crippen molar-refractivity contribution in [2.75, 3.05) is 0 Å². The minimum Gasteiger partial charge on any atom is -0.338 e. The third-order valence-electron chi connectivity index (χ3n) is 4.68. The van der Waals surface area contributed by atoms with Crippen molar-refractivity contribution in [3.8, 4) is 0 Å². The van der Waals surface area contributed by atoms with Crippen molar-refractivity contribution in [3.05, 3.63) is 53.9 Å². The van der Waals surface area contributed by atoms with Gasteiger partial charge in [0.05, 0.1) is 11.0 Å². The summed E-state index contributed by atoms with van der Waals surface area (Å²) < 4.78 is 0. The Bertz CT molecular complexity index is 834. The van der Waals surface area contributed by atoms with Gasteiger partial charge in [-0.05, 0) is 50.3 Å². The van der Waals surface area contributed by atoms with Gasteiger partial charge >= 0.3 is 0 Å². The SMILES string of the molecule is C=CC(=CC)c1cccc2[nH]c(/C(=C(\C)C(C)=N)C(C)CC)nc12. The quantitative estimate of drug-likeness (QED) is 0.496. The van der Waals surface area contributed by atoms with Gasteiger partial charge in [-0.1, -0.05) is 44.7 Å². The molecule has 1 heterocycles. The van der Waals surface area contributed by atoms with Crippen LogP contribution >= 0.6 is 0 Å². The number of rotatable bonds is 6. The molecule has 24 heavy (non-hydrogen) atoms. The number of hydrogen-bond acceptors (Lipinski definition) is 2. The van der Waals surface area contributed by atoms with Gasteiger partial charge < -0.3 is 10.4 Å². The van der Waals surface area contributed by atoms with Crippen molar-refractivity contribution in [1.29, 1.82) is 5.41 Å². The van der Waals surface area contributed by atoms with Crippen molar-refractivity contribution < 1.29 is 0 Å². The van der Waals surface area contributed by atoms with Crippen LogP contribution in [0.15, 0.2) is 42.5 Å². The topological polar surface area (TPSA) is 52.5 Å². The van der Waals surface area contributed by atoms with Crippen LogP contribution in [0.5, 0.6) is 0 Å². The van der Waals surface area contributed by atoms with E-state index >= 15 is 0 Å². The van der Waals surface area contributed by atoms with Gasteiger partial charge in [0.25, 0.3) is 0 Å². The molecule has 2 rings (SSSR count). The van der Waals surface area contributed by atoms with E-state index in [1.165, 1.54) is 0 Å². The number of benzene rings is 1. The maximum absolute atomic E-state index is 8.03. The van der Waals surface area contributed by atoms with Gasteiger partial charge in [0, 0.05) is 16.8 Å². The van der Waals surface area contributed by atoms with E-state index < -0.39 is 0 Å². The lowest BCUT2D eigenvalue weighted by atomic mass is 9.92. The third-order valence-corrected chi connectivity index (χ3v) is 4.68. The summed E-state index contributed by atoms with van der Waals surface area (Å²) >= 11 is 0. The van der Waals surface area contributed by atoms with Gasteiger partial charge in [-0.2, -0.15) is 0 Å². The van der Waals surface area contributed by atoms with Crippen LogP contribution in [-0.4, -0.2) is 15.7 Å². The lowest BCUT2D eigenvalue weighted by Gasteiger charge is -2.15. The van der Waals surface area contributed by atoms with E-state index in [1.54, 1.807) is 0 Å². The fourth-order valence-corrected chi connectivity index (χ4v) is 2.96. The molecule has 1 atom stereocenters. The van der Waals surface area contributed by atoms with Crippen LogP contribution in [0.3, 0.4) is 0 Å². The number of nitrogens with zero attached hydrogens (tertiary/aromatic N) is 1. The van der Waals surface area contributed by atoms with Crippen LogP contribution in [0.4, 0.5) is 0 Å². The summed E-state index contributed by atoms with van der Waals surface area (Å²) in [5.74, 6) is 1.21. The van der Waals surface area contributed by atoms with Crippen LogP contribution in [0, 0.1) is 11.3 Å². The first-order valence-corrected chi connectivity index (χ1v) is 8.49. The Morgan fingerprint density at radius 2 is 2.08 bits per heavy atom. The number of imidazole rings is 1. The van der Waals surface area contributed by atoms with Crippen molar-refractivity contribution >= 4 is 27.9 Å². The minimum atomic E-state index is 0.343. The third kappa shape index (κ3) is 3.25. The lowest BCUT2D eigenvalue weighted by Crippen LogP contribution is -2.06. The number of allylic oxidation sites excluding steroid dienone is 5. The number of aromatic amines is 1. The Balaban J connectivity index is 2.74. The summed E-state index contributed by atoms with van der Waals surface area (Å²) in [6.45, 7) is 14.1. The molecular formula is C21H27N3. The average molecular weight is 321 g/mol. The molecule has 0 bridgehead atoms. The highest BCUT2D eigenvalue weighted by Gasteiger charge is 2.18. The van der Waals surface area contributed by atoms with Gasteiger partial charge in [-0.3, -0.25) is 0 Å². The van der Waals surface area contributed by atoms with Crippen molar-refractivity contribution in [2.45, 2.75) is 41.0 Å². The summed E-state index contributed by atoms with van der Waals surface area (Å²) in [5, 5.41) is 8.03. The average Bonchev–Trinajstić information content (AvgIpc) is 3.00. The monoisotopic (exact) mass is 321 g/mol. The molecule has 0 fully saturated rings. The molecule has 0 saturated carbocycles. The number of H-pyrrole nitrogens is 1. The smallest absolute Gasteiger partial charge is 0.135 e. The van der Waals surface area contributed by atoms with Crippen LogP contribution in [0.25, 0.3) is 22.2 Å². The van der Waals surface area contributed by atoms with Crippen molar-refractivity contribution in [3.63, 3.8) is 0 Å². The standard InChI is InChI=1S/C21H27N3/c1-7-13(4)19(14(5)15(6)22)21-23-18-12-10-11-17(20(18)24-21)16(8-2)9-3/h8-13,22H,2,7H2,1,3-6H3,(H,23,24)/b16-9?,19-14+,22-15?. The van der Waals surface area contributed by atoms with Crippen LogP contribution in [0.2, 0.25) is 0 Å². The van der Waals surface area contributed by atoms with Crippen molar-refractivity contribution in [1.82, 2.24) is 9.97 Å². The molecular weight excluding hydrogens is 294 g/mol. The molecule has 0 radical (unpaired) electrons. The molecule has 0 aliphatic rings. The molecule has 1 aromatic carbocycles. The van der Waals surface area contributed by atoms with Gasteiger partial charge in [0.1, 0.15) is 5.82 Å². The van der Waals surface area contributed by atoms with Gasteiger partial charge in [-0.15, -0.1) is 0 Å². The predicted octanol–water partition coefficient (Wildman–Crippen LogP) is 6.01. The highest BCUT2D eigenvalue weighted by Crippen LogP contribution is 2.31. The van der Waals surface area contributed by atoms with Crippen LogP contribution < -0.4 is 0 Å². The second-order valence-electron chi connectivity index (χ2n) is 6.21. The Morgan fingerprint density at radius 1 is 1.38 bits per heavy atom. The summed E-state index contributed by atoms with van der Waals surface area (Å²) in [7, 11) is 0. The van der Waals surface area contributed by atoms with Gasteiger partial charge in [0.2, 0.25) is 0 Å². The first kappa shape index (κ1) is 17.9. The predicted molar refractivity (Wildman–Crippen MR) is 105 cm³/mol. The van der Waals surface area contributed by atoms with E-state index in [0.717, 1.165) is 45.6 Å². The molecule has 1 unspecified atom stereocenters. The van der Waals surface area contributed by atoms with E-state index in [2.05, 4.69) is 37.6 Å². The molecule has 0 aliphatic heterocycles. The normalized spacial score (nSPS) is 14.5. The second kappa shape index (κ2) is 7.43. The molecule has 126 valence electrons. The van der Waals surface area contributed by atoms with Crippen LogP contribution in [0.1, 0.15) is 52.4 Å². The minimum absolute atomic E-state index is 0.343. The number of nitrogens with one attached hydrogen (secondary N) is 2.